The van der Waals surface area contributed by atoms with Gasteiger partial charge >= 0.3 is 5.97 Å². The van der Waals surface area contributed by atoms with Gasteiger partial charge in [0.05, 0.1) is 29.2 Å². The molecule has 0 saturated carbocycles. The average molecular weight is 414 g/mol. The molecule has 0 N–H and O–H groups in total. The molecule has 0 spiro atoms. The minimum atomic E-state index is -0.726. The van der Waals surface area contributed by atoms with Gasteiger partial charge in [0.1, 0.15) is 5.69 Å². The number of nitro benzene ring substituents is 1. The monoisotopic (exact) mass is 413 g/mol. The van der Waals surface area contributed by atoms with Crippen LogP contribution < -0.4 is 4.90 Å². The quantitative estimate of drug-likeness (QED) is 0.367. The second-order valence-corrected chi connectivity index (χ2v) is 6.86. The van der Waals surface area contributed by atoms with E-state index in [1.54, 1.807) is 0 Å². The van der Waals surface area contributed by atoms with Crippen molar-refractivity contribution >= 4 is 28.9 Å². The minimum Gasteiger partial charge on any atom is -0.465 e. The number of hydrogen-bond donors (Lipinski definition) is 0. The number of halogens is 1. The molecule has 0 saturated heterocycles. The van der Waals surface area contributed by atoms with Crippen molar-refractivity contribution in [2.75, 3.05) is 18.6 Å². The molecule has 0 fully saturated rings. The summed E-state index contributed by atoms with van der Waals surface area (Å²) in [5.41, 5.74) is 1.02. The van der Waals surface area contributed by atoms with Gasteiger partial charge in [-0.2, -0.15) is 0 Å². The summed E-state index contributed by atoms with van der Waals surface area (Å²) in [6.45, 7) is 1.38. The van der Waals surface area contributed by atoms with E-state index in [2.05, 4.69) is 14.9 Å². The SMILES string of the molecule is COC(=O)c1cc([N+](=O)[O-])c(N2CCn3c(nnc3-c3ccccc3)C2)cc1Cl. The van der Waals surface area contributed by atoms with Crippen LogP contribution in [0.25, 0.3) is 11.4 Å². The molecule has 0 bridgehead atoms. The van der Waals surface area contributed by atoms with Gasteiger partial charge in [-0.05, 0) is 6.07 Å². The van der Waals surface area contributed by atoms with E-state index in [4.69, 9.17) is 11.6 Å². The Morgan fingerprint density at radius 1 is 1.21 bits per heavy atom. The molecule has 1 aliphatic rings. The summed E-state index contributed by atoms with van der Waals surface area (Å²) in [7, 11) is 1.19. The van der Waals surface area contributed by atoms with Crippen LogP contribution in [0.5, 0.6) is 0 Å². The Bertz CT molecular complexity index is 1100. The number of esters is 1. The zero-order valence-corrected chi connectivity index (χ0v) is 16.2. The molecule has 4 rings (SSSR count). The van der Waals surface area contributed by atoms with E-state index in [1.807, 2.05) is 39.8 Å². The predicted molar refractivity (Wildman–Crippen MR) is 106 cm³/mol. The van der Waals surface area contributed by atoms with Crippen molar-refractivity contribution in [1.29, 1.82) is 0 Å². The van der Waals surface area contributed by atoms with E-state index < -0.39 is 10.9 Å². The van der Waals surface area contributed by atoms with Gasteiger partial charge in [-0.15, -0.1) is 10.2 Å². The van der Waals surface area contributed by atoms with Gasteiger partial charge in [0.15, 0.2) is 11.6 Å². The number of nitro groups is 1. The Hall–Kier alpha value is -3.46. The van der Waals surface area contributed by atoms with Crippen LogP contribution in [0.2, 0.25) is 5.02 Å². The number of anilines is 1. The molecule has 2 aromatic carbocycles. The van der Waals surface area contributed by atoms with Gasteiger partial charge in [0, 0.05) is 24.7 Å². The van der Waals surface area contributed by atoms with Crippen LogP contribution in [0.4, 0.5) is 11.4 Å². The standard InChI is InChI=1S/C19H16ClN5O4/c1-29-19(26)13-9-16(25(27)28)15(10-14(13)20)23-7-8-24-17(11-23)21-22-18(24)12-5-3-2-4-6-12/h2-6,9-10H,7-8,11H2,1H3. The van der Waals surface area contributed by atoms with Crippen molar-refractivity contribution < 1.29 is 14.5 Å². The molecule has 1 aromatic heterocycles. The summed E-state index contributed by atoms with van der Waals surface area (Å²) >= 11 is 6.20. The number of ether oxygens (including phenoxy) is 1. The Morgan fingerprint density at radius 3 is 2.66 bits per heavy atom. The lowest BCUT2D eigenvalue weighted by atomic mass is 10.1. The zero-order valence-electron chi connectivity index (χ0n) is 15.4. The van der Waals surface area contributed by atoms with Crippen LogP contribution in [0.3, 0.4) is 0 Å². The van der Waals surface area contributed by atoms with E-state index >= 15 is 0 Å². The lowest BCUT2D eigenvalue weighted by Crippen LogP contribution is -2.34. The number of nitrogens with zero attached hydrogens (tertiary/aromatic N) is 5. The highest BCUT2D eigenvalue weighted by atomic mass is 35.5. The summed E-state index contributed by atoms with van der Waals surface area (Å²) in [5.74, 6) is 0.724. The fourth-order valence-corrected chi connectivity index (χ4v) is 3.62. The maximum Gasteiger partial charge on any atom is 0.339 e. The summed E-state index contributed by atoms with van der Waals surface area (Å²) in [6.07, 6.45) is 0. The normalized spacial score (nSPS) is 13.1. The second kappa shape index (κ2) is 7.51. The first-order valence-corrected chi connectivity index (χ1v) is 9.16. The van der Waals surface area contributed by atoms with Crippen molar-refractivity contribution in [2.24, 2.45) is 0 Å². The molecule has 29 heavy (non-hydrogen) atoms. The molecule has 148 valence electrons. The van der Waals surface area contributed by atoms with Crippen molar-refractivity contribution in [2.45, 2.75) is 13.1 Å². The first-order chi connectivity index (χ1) is 14.0. The first-order valence-electron chi connectivity index (χ1n) is 8.78. The number of rotatable bonds is 4. The number of fused-ring (bicyclic) bond motifs is 1. The molecule has 2 heterocycles. The summed E-state index contributed by atoms with van der Waals surface area (Å²) in [6, 6.07) is 12.3. The van der Waals surface area contributed by atoms with Crippen molar-refractivity contribution in [3.05, 3.63) is 69.0 Å². The van der Waals surface area contributed by atoms with Crippen LogP contribution in [0, 0.1) is 10.1 Å². The third-order valence-electron chi connectivity index (χ3n) is 4.79. The van der Waals surface area contributed by atoms with E-state index in [1.165, 1.54) is 13.2 Å². The fraction of sp³-hybridized carbons (Fsp3) is 0.211. The third-order valence-corrected chi connectivity index (χ3v) is 5.10. The largest absolute Gasteiger partial charge is 0.465 e. The van der Waals surface area contributed by atoms with Crippen LogP contribution in [0.1, 0.15) is 16.2 Å². The molecule has 10 heteroatoms. The van der Waals surface area contributed by atoms with Crippen LogP contribution in [-0.2, 0) is 17.8 Å². The number of carbonyl (C=O) groups is 1. The van der Waals surface area contributed by atoms with E-state index in [-0.39, 0.29) is 16.3 Å². The van der Waals surface area contributed by atoms with Crippen molar-refractivity contribution in [1.82, 2.24) is 14.8 Å². The Labute approximate surface area is 170 Å². The highest BCUT2D eigenvalue weighted by Gasteiger charge is 2.29. The minimum absolute atomic E-state index is 0.0452. The summed E-state index contributed by atoms with van der Waals surface area (Å²) in [4.78, 5) is 24.7. The molecule has 0 aliphatic carbocycles. The van der Waals surface area contributed by atoms with E-state index in [9.17, 15) is 14.9 Å². The molecule has 0 unspecified atom stereocenters. The lowest BCUT2D eigenvalue weighted by molar-refractivity contribution is -0.384. The number of hydrogen-bond acceptors (Lipinski definition) is 7. The number of benzene rings is 2. The van der Waals surface area contributed by atoms with Crippen LogP contribution in [0.15, 0.2) is 42.5 Å². The molecule has 0 amide bonds. The highest BCUT2D eigenvalue weighted by molar-refractivity contribution is 6.34. The zero-order chi connectivity index (χ0) is 20.5. The molecule has 0 atom stereocenters. The van der Waals surface area contributed by atoms with Crippen LogP contribution in [-0.4, -0.2) is 39.3 Å². The van der Waals surface area contributed by atoms with Gasteiger partial charge in [0.2, 0.25) is 0 Å². The lowest BCUT2D eigenvalue weighted by Gasteiger charge is -2.29. The number of carbonyl (C=O) groups excluding carboxylic acids is 1. The predicted octanol–water partition coefficient (Wildman–Crippen LogP) is 3.31. The topological polar surface area (TPSA) is 103 Å². The fourth-order valence-electron chi connectivity index (χ4n) is 3.38. The smallest absolute Gasteiger partial charge is 0.339 e. The Kier molecular flexibility index (Phi) is 4.89. The van der Waals surface area contributed by atoms with Crippen molar-refractivity contribution in [3.8, 4) is 11.4 Å². The third kappa shape index (κ3) is 3.40. The van der Waals surface area contributed by atoms with Gasteiger partial charge < -0.3 is 14.2 Å². The maximum atomic E-state index is 11.8. The molecule has 3 aromatic rings. The van der Waals surface area contributed by atoms with E-state index in [0.717, 1.165) is 17.5 Å². The average Bonchev–Trinajstić information content (AvgIpc) is 3.16. The van der Waals surface area contributed by atoms with Crippen LogP contribution >= 0.6 is 11.6 Å². The van der Waals surface area contributed by atoms with Gasteiger partial charge in [-0.3, -0.25) is 10.1 Å². The second-order valence-electron chi connectivity index (χ2n) is 6.45. The van der Waals surface area contributed by atoms with Gasteiger partial charge in [0.25, 0.3) is 5.69 Å². The van der Waals surface area contributed by atoms with Gasteiger partial charge in [-0.1, -0.05) is 41.9 Å². The molecular weight excluding hydrogens is 398 g/mol. The van der Waals surface area contributed by atoms with E-state index in [0.29, 0.717) is 31.1 Å². The molecule has 9 nitrogen and oxygen atoms in total. The summed E-state index contributed by atoms with van der Waals surface area (Å²) < 4.78 is 6.65. The maximum absolute atomic E-state index is 11.8. The molecule has 0 radical (unpaired) electrons. The summed E-state index contributed by atoms with van der Waals surface area (Å²) in [5, 5.41) is 20.3. The molecular formula is C19H16ClN5O4. The number of methoxy groups -OCH3 is 1. The number of aromatic nitrogens is 3. The Balaban J connectivity index is 1.70. The molecule has 1 aliphatic heterocycles. The Morgan fingerprint density at radius 2 is 1.97 bits per heavy atom. The highest BCUT2D eigenvalue weighted by Crippen LogP contribution is 2.36. The van der Waals surface area contributed by atoms with Crippen molar-refractivity contribution in [3.63, 3.8) is 0 Å². The first kappa shape index (κ1) is 18.9. The van der Waals surface area contributed by atoms with Gasteiger partial charge in [-0.25, -0.2) is 4.79 Å².